The van der Waals surface area contributed by atoms with Crippen molar-refractivity contribution in [2.75, 3.05) is 13.1 Å². The number of likely N-dealkylation sites (tertiary alicyclic amines) is 1. The van der Waals surface area contributed by atoms with Crippen LogP contribution in [0.2, 0.25) is 0 Å². The van der Waals surface area contributed by atoms with E-state index in [0.717, 1.165) is 12.8 Å². The van der Waals surface area contributed by atoms with Gasteiger partial charge in [0.15, 0.2) is 12.1 Å². The van der Waals surface area contributed by atoms with Crippen LogP contribution in [0.25, 0.3) is 0 Å². The topological polar surface area (TPSA) is 303 Å². The summed E-state index contributed by atoms with van der Waals surface area (Å²) in [6.45, 7) is 7.76. The van der Waals surface area contributed by atoms with Gasteiger partial charge in [-0.2, -0.15) is 0 Å². The molecule has 0 aromatic carbocycles. The van der Waals surface area contributed by atoms with Crippen LogP contribution in [-0.2, 0) is 28.5 Å². The highest BCUT2D eigenvalue weighted by Gasteiger charge is 2.52. The molecule has 0 aliphatic carbocycles. The van der Waals surface area contributed by atoms with Crippen molar-refractivity contribution in [3.8, 4) is 0 Å². The second-order valence-electron chi connectivity index (χ2n) is 19.3. The normalized spacial score (nSPS) is 44.7. The first-order valence-corrected chi connectivity index (χ1v) is 24.5. The van der Waals surface area contributed by atoms with Gasteiger partial charge in [-0.05, 0) is 46.0 Å². The van der Waals surface area contributed by atoms with Crippen molar-refractivity contribution in [2.45, 2.75) is 189 Å². The van der Waals surface area contributed by atoms with Crippen LogP contribution in [0.4, 0.5) is 0 Å². The minimum absolute atomic E-state index is 0.0835. The fourth-order valence-electron chi connectivity index (χ4n) is 9.12. The number of amides is 1. The number of cyclic esters (lactones) is 1. The second kappa shape index (κ2) is 28.6. The quantitative estimate of drug-likeness (QED) is 0.177. The lowest BCUT2D eigenvalue weighted by Gasteiger charge is -2.46. The number of hydrogen-bond acceptors (Lipinski definition) is 17. The standard InChI is InChI=1S/C51H80N2O16/c1-31-19-15-13-11-9-7-5-6-8-10-12-14-16-20-38(68-50-48(63)45(52)47(62)34(4)67-50)28-42-44(49(64)53-23-17-18-24-53)41(59)30-51(65,69-42)29-37(56)26-40(58)39(57)22-21-35(54)25-36(55)27-43(60)66-33(3)32(2)46(31)61/h5-16,19-20,31-42,44-48,50,54-59,61-63,65H,17-18,21-30,52H2,1-4H3/b6-5+,9-7+,10-8+,13-11+,14-12+,19-15+,20-16+/t31-,32-,33-,34+,35+,36+,37-,38-,39+,40+,41-,42-,44+,45-,46+,47+,48-,50-,51+/m0/s1. The van der Waals surface area contributed by atoms with Gasteiger partial charge in [0.05, 0.1) is 85.5 Å². The average Bonchev–Trinajstić information content (AvgIpc) is 3.83. The molecule has 69 heavy (non-hydrogen) atoms. The molecular weight excluding hydrogens is 897 g/mol. The molecule has 0 saturated carbocycles. The largest absolute Gasteiger partial charge is 0.462 e. The molecule has 19 atom stereocenters. The number of nitrogens with two attached hydrogens (primary N) is 1. The van der Waals surface area contributed by atoms with Crippen LogP contribution < -0.4 is 5.73 Å². The predicted molar refractivity (Wildman–Crippen MR) is 255 cm³/mol. The van der Waals surface area contributed by atoms with E-state index in [1.54, 1.807) is 68.2 Å². The van der Waals surface area contributed by atoms with E-state index < -0.39 is 147 Å². The van der Waals surface area contributed by atoms with E-state index in [0.29, 0.717) is 13.1 Å². The van der Waals surface area contributed by atoms with E-state index in [2.05, 4.69) is 0 Å². The lowest BCUT2D eigenvalue weighted by atomic mass is 9.81. The number of aliphatic hydroxyl groups is 10. The van der Waals surface area contributed by atoms with Crippen LogP contribution in [0.1, 0.15) is 91.9 Å². The van der Waals surface area contributed by atoms with E-state index >= 15 is 0 Å². The van der Waals surface area contributed by atoms with Crippen LogP contribution in [0.5, 0.6) is 0 Å². The molecule has 2 bridgehead atoms. The summed E-state index contributed by atoms with van der Waals surface area (Å²) in [5, 5.41) is 110. The van der Waals surface area contributed by atoms with Crippen LogP contribution in [0, 0.1) is 17.8 Å². The number of rotatable bonds is 3. The Labute approximate surface area is 406 Å². The highest BCUT2D eigenvalue weighted by molar-refractivity contribution is 5.80. The van der Waals surface area contributed by atoms with Crippen LogP contribution in [0.15, 0.2) is 85.1 Å². The van der Waals surface area contributed by atoms with Gasteiger partial charge in [0, 0.05) is 50.6 Å². The molecule has 390 valence electrons. The molecule has 12 N–H and O–H groups in total. The van der Waals surface area contributed by atoms with Crippen LogP contribution in [-0.4, -0.2) is 178 Å². The van der Waals surface area contributed by atoms with Gasteiger partial charge in [0.25, 0.3) is 0 Å². The molecular formula is C51H80N2O16. The summed E-state index contributed by atoms with van der Waals surface area (Å²) in [5.41, 5.74) is 6.11. The summed E-state index contributed by atoms with van der Waals surface area (Å²) in [4.78, 5) is 28.3. The number of fused-ring (bicyclic) bond motifs is 2. The first-order chi connectivity index (χ1) is 32.7. The zero-order valence-electron chi connectivity index (χ0n) is 40.4. The molecule has 3 saturated heterocycles. The van der Waals surface area contributed by atoms with Crippen molar-refractivity contribution in [1.82, 2.24) is 4.90 Å². The van der Waals surface area contributed by atoms with E-state index in [1.807, 2.05) is 49.5 Å². The number of aliphatic hydroxyl groups excluding tert-OH is 9. The Morgan fingerprint density at radius 3 is 1.86 bits per heavy atom. The van der Waals surface area contributed by atoms with Gasteiger partial charge in [-0.25, -0.2) is 0 Å². The number of carbonyl (C=O) groups excluding carboxylic acids is 2. The van der Waals surface area contributed by atoms with Gasteiger partial charge >= 0.3 is 5.97 Å². The van der Waals surface area contributed by atoms with Gasteiger partial charge in [-0.1, -0.05) is 98.9 Å². The fraction of sp³-hybridized carbons (Fsp3) is 0.686. The van der Waals surface area contributed by atoms with Gasteiger partial charge in [-0.15, -0.1) is 0 Å². The molecule has 18 nitrogen and oxygen atoms in total. The molecule has 0 aromatic heterocycles. The third kappa shape index (κ3) is 18.6. The number of esters is 1. The minimum atomic E-state index is -2.23. The van der Waals surface area contributed by atoms with Gasteiger partial charge < -0.3 is 80.6 Å². The number of allylic oxidation sites excluding steroid dienone is 12. The Balaban J connectivity index is 1.59. The van der Waals surface area contributed by atoms with Crippen molar-refractivity contribution in [3.63, 3.8) is 0 Å². The molecule has 4 aliphatic rings. The van der Waals surface area contributed by atoms with Crippen LogP contribution >= 0.6 is 0 Å². The van der Waals surface area contributed by atoms with Gasteiger partial charge in [-0.3, -0.25) is 9.59 Å². The second-order valence-corrected chi connectivity index (χ2v) is 19.3. The van der Waals surface area contributed by atoms with Gasteiger partial charge in [0.2, 0.25) is 5.91 Å². The minimum Gasteiger partial charge on any atom is -0.462 e. The van der Waals surface area contributed by atoms with Crippen molar-refractivity contribution >= 4 is 11.9 Å². The fourth-order valence-corrected chi connectivity index (χ4v) is 9.12. The Hall–Kier alpha value is -3.44. The zero-order valence-corrected chi connectivity index (χ0v) is 40.4. The maximum absolute atomic E-state index is 14.0. The maximum Gasteiger partial charge on any atom is 0.308 e. The molecule has 18 heteroatoms. The lowest BCUT2D eigenvalue weighted by Crippen LogP contribution is -2.62. The highest BCUT2D eigenvalue weighted by atomic mass is 16.7. The molecule has 0 radical (unpaired) electrons. The van der Waals surface area contributed by atoms with E-state index in [9.17, 15) is 60.7 Å². The van der Waals surface area contributed by atoms with Crippen molar-refractivity contribution < 1.29 is 79.6 Å². The van der Waals surface area contributed by atoms with Gasteiger partial charge in [0.1, 0.15) is 12.2 Å². The lowest BCUT2D eigenvalue weighted by molar-refractivity contribution is -0.308. The average molecular weight is 977 g/mol. The predicted octanol–water partition coefficient (Wildman–Crippen LogP) is 1.25. The first kappa shape index (κ1) is 58.1. The molecule has 0 unspecified atom stereocenters. The number of nitrogens with zero attached hydrogens (tertiary/aromatic N) is 1. The van der Waals surface area contributed by atoms with Crippen molar-refractivity contribution in [2.24, 2.45) is 23.5 Å². The Bertz CT molecular complexity index is 1780. The highest BCUT2D eigenvalue weighted by Crippen LogP contribution is 2.39. The third-order valence-corrected chi connectivity index (χ3v) is 13.4. The number of hydrogen-bond donors (Lipinski definition) is 11. The van der Waals surface area contributed by atoms with Crippen molar-refractivity contribution in [3.05, 3.63) is 85.1 Å². The third-order valence-electron chi connectivity index (χ3n) is 13.4. The Morgan fingerprint density at radius 2 is 1.25 bits per heavy atom. The molecule has 4 aliphatic heterocycles. The van der Waals surface area contributed by atoms with E-state index in [1.165, 1.54) is 0 Å². The first-order valence-electron chi connectivity index (χ1n) is 24.5. The summed E-state index contributed by atoms with van der Waals surface area (Å²) < 4.78 is 23.8. The molecule has 4 heterocycles. The summed E-state index contributed by atoms with van der Waals surface area (Å²) in [6, 6.07) is -1.11. The van der Waals surface area contributed by atoms with Crippen LogP contribution in [0.3, 0.4) is 0 Å². The van der Waals surface area contributed by atoms with E-state index in [4.69, 9.17) is 24.7 Å². The monoisotopic (exact) mass is 977 g/mol. The Morgan fingerprint density at radius 1 is 0.667 bits per heavy atom. The Kier molecular flexibility index (Phi) is 24.1. The summed E-state index contributed by atoms with van der Waals surface area (Å²) in [7, 11) is 0. The number of carbonyl (C=O) groups is 2. The maximum atomic E-state index is 14.0. The molecule has 1 amide bonds. The summed E-state index contributed by atoms with van der Waals surface area (Å²) in [5.74, 6) is -5.24. The molecule has 0 aromatic rings. The van der Waals surface area contributed by atoms with E-state index in [-0.39, 0.29) is 31.6 Å². The number of ether oxygens (including phenoxy) is 4. The molecule has 0 spiro atoms. The SMILES string of the molecule is C[C@@H]1[C@H](O)[C@@H](C)/C=C/C=C/C=C/C=C/C=C/C=C/C=C/[C@H](O[C@@H]2O[C@H](C)[C@@H](O)[C@H](N)[C@@H]2O)C[C@@H]2O[C@](O)(C[C@@H](O)C[C@@H](O)[C@H](O)CC[C@@H](O)C[C@@H](O)CC(=O)O[C@H]1C)C[C@H](O)[C@H]2C(=O)N1CCCC1. The summed E-state index contributed by atoms with van der Waals surface area (Å²) in [6.07, 6.45) is 6.99. The summed E-state index contributed by atoms with van der Waals surface area (Å²) >= 11 is 0. The molecule has 3 fully saturated rings. The smallest absolute Gasteiger partial charge is 0.308 e. The molecule has 4 rings (SSSR count). The van der Waals surface area contributed by atoms with Crippen molar-refractivity contribution in [1.29, 1.82) is 0 Å². The zero-order chi connectivity index (χ0) is 50.8.